The third-order valence-corrected chi connectivity index (χ3v) is 4.42. The number of thiocarbonyl (C=S) groups is 1. The van der Waals surface area contributed by atoms with Crippen molar-refractivity contribution in [2.24, 2.45) is 0 Å². The number of nitrogens with one attached hydrogen (secondary N) is 2. The summed E-state index contributed by atoms with van der Waals surface area (Å²) in [6, 6.07) is 11.0. The average molecular weight is 405 g/mol. The topological polar surface area (TPSA) is 54.8 Å². The summed E-state index contributed by atoms with van der Waals surface area (Å²) < 4.78 is 39.9. The fourth-order valence-corrected chi connectivity index (χ4v) is 2.80. The van der Waals surface area contributed by atoms with E-state index in [1.807, 2.05) is 32.0 Å². The predicted octanol–water partition coefficient (Wildman–Crippen LogP) is 4.77. The van der Waals surface area contributed by atoms with Gasteiger partial charge in [-0.1, -0.05) is 24.3 Å². The van der Waals surface area contributed by atoms with Crippen LogP contribution in [0, 0.1) is 13.8 Å². The standard InChI is InChI=1S/C19H18F3N5S/c1-12-5-3-8-16(13(12)2)24-18(28)25-17-23-11-27(26-17)10-14-6-4-7-15(9-14)19(20,21)22/h3-9,11H,10H2,1-2H3,(H2,24,25,26,28). The van der Waals surface area contributed by atoms with E-state index in [0.29, 0.717) is 10.7 Å². The monoisotopic (exact) mass is 405 g/mol. The quantitative estimate of drug-likeness (QED) is 0.613. The van der Waals surface area contributed by atoms with E-state index in [0.717, 1.165) is 28.9 Å². The van der Waals surface area contributed by atoms with Crippen molar-refractivity contribution < 1.29 is 13.2 Å². The maximum Gasteiger partial charge on any atom is 0.416 e. The second-order valence-electron chi connectivity index (χ2n) is 6.29. The van der Waals surface area contributed by atoms with Crippen LogP contribution in [0.3, 0.4) is 0 Å². The molecule has 146 valence electrons. The van der Waals surface area contributed by atoms with Gasteiger partial charge in [-0.15, -0.1) is 5.10 Å². The largest absolute Gasteiger partial charge is 0.416 e. The van der Waals surface area contributed by atoms with Crippen LogP contribution in [0.15, 0.2) is 48.8 Å². The van der Waals surface area contributed by atoms with E-state index < -0.39 is 11.7 Å². The molecule has 0 saturated carbocycles. The summed E-state index contributed by atoms with van der Waals surface area (Å²) in [7, 11) is 0. The minimum absolute atomic E-state index is 0.162. The van der Waals surface area contributed by atoms with Gasteiger partial charge in [0.15, 0.2) is 5.11 Å². The van der Waals surface area contributed by atoms with Crippen molar-refractivity contribution in [3.05, 3.63) is 71.0 Å². The second kappa shape index (κ2) is 7.97. The Bertz CT molecular complexity index is 997. The van der Waals surface area contributed by atoms with Crippen LogP contribution in [0.4, 0.5) is 24.8 Å². The predicted molar refractivity (Wildman–Crippen MR) is 106 cm³/mol. The van der Waals surface area contributed by atoms with E-state index in [1.54, 1.807) is 6.07 Å². The number of alkyl halides is 3. The Hall–Kier alpha value is -2.94. The molecule has 2 N–H and O–H groups in total. The van der Waals surface area contributed by atoms with Crippen molar-refractivity contribution in [2.75, 3.05) is 10.6 Å². The van der Waals surface area contributed by atoms with Gasteiger partial charge in [0.25, 0.3) is 0 Å². The molecule has 0 aliphatic rings. The Morgan fingerprint density at radius 2 is 1.86 bits per heavy atom. The van der Waals surface area contributed by atoms with E-state index >= 15 is 0 Å². The summed E-state index contributed by atoms with van der Waals surface area (Å²) in [6.07, 6.45) is -2.94. The summed E-state index contributed by atoms with van der Waals surface area (Å²) in [4.78, 5) is 4.10. The molecule has 3 rings (SSSR count). The molecule has 0 radical (unpaired) electrons. The minimum atomic E-state index is -4.38. The van der Waals surface area contributed by atoms with Gasteiger partial charge in [-0.3, -0.25) is 5.32 Å². The molecule has 0 aliphatic carbocycles. The molecule has 5 nitrogen and oxygen atoms in total. The highest BCUT2D eigenvalue weighted by Crippen LogP contribution is 2.29. The molecule has 3 aromatic rings. The summed E-state index contributed by atoms with van der Waals surface area (Å²) in [5, 5.41) is 10.5. The van der Waals surface area contributed by atoms with Crippen molar-refractivity contribution in [1.82, 2.24) is 14.8 Å². The fourth-order valence-electron chi connectivity index (χ4n) is 2.60. The molecule has 0 fully saturated rings. The third kappa shape index (κ3) is 4.86. The second-order valence-corrected chi connectivity index (χ2v) is 6.70. The number of aromatic nitrogens is 3. The van der Waals surface area contributed by atoms with Crippen LogP contribution in [-0.2, 0) is 12.7 Å². The lowest BCUT2D eigenvalue weighted by atomic mass is 10.1. The smallest absolute Gasteiger partial charge is 0.332 e. The normalized spacial score (nSPS) is 11.3. The van der Waals surface area contributed by atoms with Crippen LogP contribution in [0.25, 0.3) is 0 Å². The first kappa shape index (κ1) is 19.8. The van der Waals surface area contributed by atoms with Gasteiger partial charge in [-0.05, 0) is 61.0 Å². The Morgan fingerprint density at radius 1 is 1.11 bits per heavy atom. The van der Waals surface area contributed by atoms with E-state index in [-0.39, 0.29) is 12.5 Å². The van der Waals surface area contributed by atoms with Crippen molar-refractivity contribution in [1.29, 1.82) is 0 Å². The SMILES string of the molecule is Cc1cccc(NC(=S)Nc2ncn(Cc3cccc(C(F)(F)F)c3)n2)c1C. The Labute approximate surface area is 165 Å². The van der Waals surface area contributed by atoms with Gasteiger partial charge in [-0.25, -0.2) is 9.67 Å². The Morgan fingerprint density at radius 3 is 2.61 bits per heavy atom. The van der Waals surface area contributed by atoms with Gasteiger partial charge in [0.05, 0.1) is 12.1 Å². The van der Waals surface area contributed by atoms with Crippen LogP contribution in [-0.4, -0.2) is 19.9 Å². The number of hydrogen-bond acceptors (Lipinski definition) is 3. The first-order valence-corrected chi connectivity index (χ1v) is 8.83. The maximum absolute atomic E-state index is 12.8. The molecule has 28 heavy (non-hydrogen) atoms. The number of halogens is 3. The zero-order valence-electron chi connectivity index (χ0n) is 15.2. The first-order chi connectivity index (χ1) is 13.2. The molecule has 1 heterocycles. The zero-order chi connectivity index (χ0) is 20.3. The van der Waals surface area contributed by atoms with Gasteiger partial charge in [0.2, 0.25) is 5.95 Å². The molecular weight excluding hydrogens is 387 g/mol. The molecule has 1 aromatic heterocycles. The van der Waals surface area contributed by atoms with Crippen LogP contribution in [0.2, 0.25) is 0 Å². The Balaban J connectivity index is 1.64. The zero-order valence-corrected chi connectivity index (χ0v) is 16.0. The minimum Gasteiger partial charge on any atom is -0.332 e. The molecule has 2 aromatic carbocycles. The molecule has 0 saturated heterocycles. The number of hydrogen-bond donors (Lipinski definition) is 2. The summed E-state index contributed by atoms with van der Waals surface area (Å²) in [5.74, 6) is 0.259. The van der Waals surface area contributed by atoms with E-state index in [4.69, 9.17) is 12.2 Å². The van der Waals surface area contributed by atoms with Gasteiger partial charge in [0.1, 0.15) is 6.33 Å². The van der Waals surface area contributed by atoms with E-state index in [9.17, 15) is 13.2 Å². The van der Waals surface area contributed by atoms with Crippen LogP contribution in [0.5, 0.6) is 0 Å². The van der Waals surface area contributed by atoms with Crippen molar-refractivity contribution in [3.8, 4) is 0 Å². The van der Waals surface area contributed by atoms with E-state index in [1.165, 1.54) is 17.1 Å². The molecule has 9 heteroatoms. The highest BCUT2D eigenvalue weighted by molar-refractivity contribution is 7.80. The van der Waals surface area contributed by atoms with Crippen LogP contribution in [0.1, 0.15) is 22.3 Å². The summed E-state index contributed by atoms with van der Waals surface area (Å²) >= 11 is 5.28. The molecular formula is C19H18F3N5S. The van der Waals surface area contributed by atoms with Gasteiger partial charge in [-0.2, -0.15) is 13.2 Å². The lowest BCUT2D eigenvalue weighted by Gasteiger charge is -2.12. The average Bonchev–Trinajstić information content (AvgIpc) is 3.05. The first-order valence-electron chi connectivity index (χ1n) is 8.42. The maximum atomic E-state index is 12.8. The number of rotatable bonds is 4. The summed E-state index contributed by atoms with van der Waals surface area (Å²) in [6.45, 7) is 4.16. The summed E-state index contributed by atoms with van der Waals surface area (Å²) in [5.41, 5.74) is 2.87. The Kier molecular flexibility index (Phi) is 5.64. The van der Waals surface area contributed by atoms with Gasteiger partial charge >= 0.3 is 6.18 Å². The van der Waals surface area contributed by atoms with E-state index in [2.05, 4.69) is 20.7 Å². The highest BCUT2D eigenvalue weighted by atomic mass is 32.1. The highest BCUT2D eigenvalue weighted by Gasteiger charge is 2.30. The lowest BCUT2D eigenvalue weighted by molar-refractivity contribution is -0.137. The van der Waals surface area contributed by atoms with Gasteiger partial charge in [0, 0.05) is 5.69 Å². The van der Waals surface area contributed by atoms with Crippen molar-refractivity contribution >= 4 is 29.0 Å². The number of aryl methyl sites for hydroxylation is 1. The molecule has 0 unspecified atom stereocenters. The van der Waals surface area contributed by atoms with Gasteiger partial charge < -0.3 is 5.32 Å². The van der Waals surface area contributed by atoms with Crippen molar-refractivity contribution in [3.63, 3.8) is 0 Å². The fraction of sp³-hybridized carbons (Fsp3) is 0.211. The number of benzene rings is 2. The lowest BCUT2D eigenvalue weighted by Crippen LogP contribution is -2.20. The van der Waals surface area contributed by atoms with Crippen LogP contribution < -0.4 is 10.6 Å². The number of anilines is 2. The number of nitrogens with zero attached hydrogens (tertiary/aromatic N) is 3. The molecule has 0 atom stereocenters. The molecule has 0 bridgehead atoms. The van der Waals surface area contributed by atoms with Crippen molar-refractivity contribution in [2.45, 2.75) is 26.6 Å². The van der Waals surface area contributed by atoms with Crippen LogP contribution >= 0.6 is 12.2 Å². The molecule has 0 aliphatic heterocycles. The molecule has 0 amide bonds. The third-order valence-electron chi connectivity index (χ3n) is 4.21. The molecule has 0 spiro atoms.